The quantitative estimate of drug-likeness (QED) is 0.811. The number of hydrogen-bond donors (Lipinski definition) is 1. The molecule has 2 saturated carbocycles. The minimum Gasteiger partial charge on any atom is -0.320 e. The largest absolute Gasteiger partial charge is 0.320 e. The third-order valence-corrected chi connectivity index (χ3v) is 4.72. The Kier molecular flexibility index (Phi) is 1.51. The molecule has 0 aromatic carbocycles. The Morgan fingerprint density at radius 1 is 1.50 bits per heavy atom. The van der Waals surface area contributed by atoms with Crippen LogP contribution in [-0.2, 0) is 5.54 Å². The van der Waals surface area contributed by atoms with Gasteiger partial charge in [-0.3, -0.25) is 0 Å². The van der Waals surface area contributed by atoms with Gasteiger partial charge in [-0.15, -0.1) is 11.3 Å². The zero-order valence-corrected chi connectivity index (χ0v) is 9.53. The molecule has 1 heterocycles. The maximum atomic E-state index is 6.32. The summed E-state index contributed by atoms with van der Waals surface area (Å²) in [6.45, 7) is 4.45. The minimum absolute atomic E-state index is 0.128. The third kappa shape index (κ3) is 1.09. The second kappa shape index (κ2) is 2.39. The second-order valence-corrected chi connectivity index (χ2v) is 6.27. The van der Waals surface area contributed by atoms with Gasteiger partial charge in [0, 0.05) is 11.3 Å². The summed E-state index contributed by atoms with van der Waals surface area (Å²) in [5.74, 6) is 0.763. The molecule has 2 nitrogen and oxygen atoms in total. The average Bonchev–Trinajstić information content (AvgIpc) is 2.94. The van der Waals surface area contributed by atoms with Gasteiger partial charge < -0.3 is 5.73 Å². The fraction of sp³-hybridized carbons (Fsp3) is 0.727. The summed E-state index contributed by atoms with van der Waals surface area (Å²) in [5, 5.41) is 3.48. The maximum absolute atomic E-state index is 6.32. The van der Waals surface area contributed by atoms with Gasteiger partial charge in [-0.1, -0.05) is 13.8 Å². The van der Waals surface area contributed by atoms with Crippen LogP contribution in [-0.4, -0.2) is 4.98 Å². The summed E-state index contributed by atoms with van der Waals surface area (Å²) < 4.78 is 0. The molecule has 3 heteroatoms. The molecule has 1 atom stereocenters. The number of rotatable bonds is 2. The lowest BCUT2D eigenvalue weighted by Crippen LogP contribution is -2.25. The lowest BCUT2D eigenvalue weighted by Gasteiger charge is -2.11. The lowest BCUT2D eigenvalue weighted by atomic mass is 10.0. The van der Waals surface area contributed by atoms with E-state index in [9.17, 15) is 0 Å². The van der Waals surface area contributed by atoms with E-state index in [-0.39, 0.29) is 11.0 Å². The molecule has 2 fully saturated rings. The van der Waals surface area contributed by atoms with E-state index in [0.717, 1.165) is 18.0 Å². The zero-order chi connectivity index (χ0) is 9.97. The first-order chi connectivity index (χ1) is 6.53. The standard InChI is InChI=1S/C11H16N2S/c1-10(2)6-11(10,12)8-5-14-9(13-8)7-3-4-7/h5,7H,3-4,6,12H2,1-2H3. The molecule has 1 aromatic heterocycles. The molecule has 76 valence electrons. The van der Waals surface area contributed by atoms with E-state index in [1.54, 1.807) is 11.3 Å². The summed E-state index contributed by atoms with van der Waals surface area (Å²) in [4.78, 5) is 4.70. The van der Waals surface area contributed by atoms with E-state index in [4.69, 9.17) is 10.7 Å². The van der Waals surface area contributed by atoms with Crippen LogP contribution < -0.4 is 5.73 Å². The van der Waals surface area contributed by atoms with Crippen molar-refractivity contribution in [2.45, 2.75) is 44.6 Å². The number of nitrogens with zero attached hydrogens (tertiary/aromatic N) is 1. The fourth-order valence-electron chi connectivity index (χ4n) is 2.10. The predicted octanol–water partition coefficient (Wildman–Crippen LogP) is 2.60. The van der Waals surface area contributed by atoms with Crippen LogP contribution in [0.5, 0.6) is 0 Å². The Labute approximate surface area is 88.5 Å². The molecule has 0 radical (unpaired) electrons. The van der Waals surface area contributed by atoms with Gasteiger partial charge in [0.1, 0.15) is 0 Å². The van der Waals surface area contributed by atoms with E-state index in [1.165, 1.54) is 17.8 Å². The highest BCUT2D eigenvalue weighted by molar-refractivity contribution is 7.09. The number of hydrogen-bond acceptors (Lipinski definition) is 3. The summed E-state index contributed by atoms with van der Waals surface area (Å²) in [6, 6.07) is 0. The molecule has 1 aromatic rings. The van der Waals surface area contributed by atoms with Crippen LogP contribution in [0.15, 0.2) is 5.38 Å². The first-order valence-electron chi connectivity index (χ1n) is 5.28. The highest BCUT2D eigenvalue weighted by atomic mass is 32.1. The molecule has 2 aliphatic rings. The SMILES string of the molecule is CC1(C)CC1(N)c1csc(C2CC2)n1. The molecule has 2 aliphatic carbocycles. The number of nitrogens with two attached hydrogens (primary N) is 1. The van der Waals surface area contributed by atoms with Crippen LogP contribution in [0.25, 0.3) is 0 Å². The van der Waals surface area contributed by atoms with Gasteiger partial charge in [-0.25, -0.2) is 4.98 Å². The molecule has 0 bridgehead atoms. The van der Waals surface area contributed by atoms with Crippen LogP contribution in [0.3, 0.4) is 0 Å². The summed E-state index contributed by atoms with van der Waals surface area (Å²) >= 11 is 1.80. The molecular formula is C11H16N2S. The van der Waals surface area contributed by atoms with Crippen molar-refractivity contribution < 1.29 is 0 Å². The van der Waals surface area contributed by atoms with Crippen molar-refractivity contribution in [3.8, 4) is 0 Å². The van der Waals surface area contributed by atoms with E-state index < -0.39 is 0 Å². The van der Waals surface area contributed by atoms with Crippen LogP contribution >= 0.6 is 11.3 Å². The van der Waals surface area contributed by atoms with Gasteiger partial charge in [-0.2, -0.15) is 0 Å². The topological polar surface area (TPSA) is 38.9 Å². The summed E-state index contributed by atoms with van der Waals surface area (Å²) in [5.41, 5.74) is 7.58. The van der Waals surface area contributed by atoms with E-state index >= 15 is 0 Å². The molecule has 0 aliphatic heterocycles. The Bertz CT molecular complexity index is 378. The van der Waals surface area contributed by atoms with Crippen molar-refractivity contribution in [3.63, 3.8) is 0 Å². The molecule has 0 amide bonds. The third-order valence-electron chi connectivity index (χ3n) is 3.71. The Balaban J connectivity index is 1.90. The summed E-state index contributed by atoms with van der Waals surface area (Å²) in [7, 11) is 0. The monoisotopic (exact) mass is 208 g/mol. The van der Waals surface area contributed by atoms with E-state index in [1.807, 2.05) is 0 Å². The molecular weight excluding hydrogens is 192 g/mol. The average molecular weight is 208 g/mol. The van der Waals surface area contributed by atoms with Gasteiger partial charge in [0.15, 0.2) is 0 Å². The van der Waals surface area contributed by atoms with Crippen LogP contribution in [0.2, 0.25) is 0 Å². The fourth-order valence-corrected chi connectivity index (χ4v) is 3.18. The van der Waals surface area contributed by atoms with E-state index in [2.05, 4.69) is 19.2 Å². The van der Waals surface area contributed by atoms with Crippen molar-refractivity contribution in [1.29, 1.82) is 0 Å². The van der Waals surface area contributed by atoms with Gasteiger partial charge in [0.25, 0.3) is 0 Å². The van der Waals surface area contributed by atoms with Gasteiger partial charge in [0.05, 0.1) is 16.2 Å². The normalized spacial score (nSPS) is 34.5. The maximum Gasteiger partial charge on any atom is 0.0960 e. The molecule has 1 unspecified atom stereocenters. The minimum atomic E-state index is -0.128. The second-order valence-electron chi connectivity index (χ2n) is 5.38. The first kappa shape index (κ1) is 8.86. The van der Waals surface area contributed by atoms with Crippen molar-refractivity contribution in [1.82, 2.24) is 4.98 Å². The van der Waals surface area contributed by atoms with Gasteiger partial charge in [0.2, 0.25) is 0 Å². The lowest BCUT2D eigenvalue weighted by molar-refractivity contribution is 0.501. The van der Waals surface area contributed by atoms with E-state index in [0.29, 0.717) is 0 Å². The number of aromatic nitrogens is 1. The molecule has 0 spiro atoms. The van der Waals surface area contributed by atoms with Gasteiger partial charge >= 0.3 is 0 Å². The van der Waals surface area contributed by atoms with Crippen LogP contribution in [0.4, 0.5) is 0 Å². The predicted molar refractivity (Wildman–Crippen MR) is 58.4 cm³/mol. The van der Waals surface area contributed by atoms with Crippen molar-refractivity contribution >= 4 is 11.3 Å². The van der Waals surface area contributed by atoms with Crippen molar-refractivity contribution in [3.05, 3.63) is 16.1 Å². The Morgan fingerprint density at radius 2 is 2.14 bits per heavy atom. The number of thiazole rings is 1. The first-order valence-corrected chi connectivity index (χ1v) is 6.16. The Hall–Kier alpha value is -0.410. The van der Waals surface area contributed by atoms with Gasteiger partial charge in [-0.05, 0) is 24.7 Å². The highest BCUT2D eigenvalue weighted by Crippen LogP contribution is 2.60. The molecule has 2 N–H and O–H groups in total. The smallest absolute Gasteiger partial charge is 0.0960 e. The Morgan fingerprint density at radius 3 is 2.64 bits per heavy atom. The van der Waals surface area contributed by atoms with Crippen molar-refractivity contribution in [2.24, 2.45) is 11.1 Å². The zero-order valence-electron chi connectivity index (χ0n) is 8.71. The van der Waals surface area contributed by atoms with Crippen LogP contribution in [0, 0.1) is 5.41 Å². The van der Waals surface area contributed by atoms with Crippen LogP contribution in [0.1, 0.15) is 49.7 Å². The molecule has 0 saturated heterocycles. The highest BCUT2D eigenvalue weighted by Gasteiger charge is 2.60. The molecule has 3 rings (SSSR count). The molecule has 14 heavy (non-hydrogen) atoms. The summed E-state index contributed by atoms with van der Waals surface area (Å²) in [6.07, 6.45) is 3.73. The van der Waals surface area contributed by atoms with Crippen molar-refractivity contribution in [2.75, 3.05) is 0 Å².